The Morgan fingerprint density at radius 1 is 0.839 bits per heavy atom. The lowest BCUT2D eigenvalue weighted by molar-refractivity contribution is -0.136. The fraction of sp³-hybridized carbons (Fsp3) is 1.00. The molecule has 3 nitrogen and oxygen atoms in total. The van der Waals surface area contributed by atoms with E-state index in [1.165, 1.54) is 32.1 Å². The number of aliphatic hydroxyl groups excluding tert-OH is 3. The first kappa shape index (κ1) is 20.3. The average molecular weight is 438 g/mol. The van der Waals surface area contributed by atoms with Gasteiger partial charge in [-0.1, -0.05) is 41.5 Å². The molecular weight excluding hydrogens is 384 g/mol. The molecular formula is C28H50O3. The van der Waals surface area contributed by atoms with Crippen molar-refractivity contribution in [1.29, 1.82) is 0 Å². The van der Waals surface area contributed by atoms with Crippen LogP contribution in [0.3, 0.4) is 0 Å². The molecule has 4 rings (SSSR count). The molecule has 0 amide bonds. The molecule has 4 aliphatic rings. The van der Waals surface area contributed by atoms with Crippen LogP contribution in [0, 0.1) is 58.2 Å². The van der Waals surface area contributed by atoms with Gasteiger partial charge in [-0.2, -0.15) is 0 Å². The van der Waals surface area contributed by atoms with Crippen LogP contribution >= 0.6 is 0 Å². The minimum Gasteiger partial charge on any atom is -0.393 e. The summed E-state index contributed by atoms with van der Waals surface area (Å²) >= 11 is 0. The summed E-state index contributed by atoms with van der Waals surface area (Å²) in [6, 6.07) is 0. The molecule has 0 aromatic heterocycles. The second-order valence-electron chi connectivity index (χ2n) is 12.8. The zero-order chi connectivity index (χ0) is 25.2. The summed E-state index contributed by atoms with van der Waals surface area (Å²) in [6.07, 6.45) is 8.32. The van der Waals surface area contributed by atoms with Gasteiger partial charge in [0.05, 0.1) is 18.3 Å². The Labute approximate surface area is 195 Å². The summed E-state index contributed by atoms with van der Waals surface area (Å²) in [7, 11) is 0. The smallest absolute Gasteiger partial charge is 0.0830 e. The second kappa shape index (κ2) is 8.58. The summed E-state index contributed by atoms with van der Waals surface area (Å²) in [5, 5.41) is 32.5. The van der Waals surface area contributed by atoms with Crippen LogP contribution in [0.1, 0.15) is 103 Å². The van der Waals surface area contributed by atoms with Gasteiger partial charge < -0.3 is 15.3 Å². The SMILES string of the molecule is [2H]C([2H])([2H])C(C)[C@H](C)[C@@H](O)[C@H](O)[C@@H](C)[C@H]1CC[C@H]2[C@@H]3CC[C@H]4C[C@@H](O)CC[C@]4(C)[C@H]3CC[C@]12C. The van der Waals surface area contributed by atoms with Crippen LogP contribution in [0.15, 0.2) is 0 Å². The summed E-state index contributed by atoms with van der Waals surface area (Å²) in [5.41, 5.74) is 0.543. The second-order valence-corrected chi connectivity index (χ2v) is 12.8. The Hall–Kier alpha value is -0.120. The third kappa shape index (κ3) is 3.83. The molecule has 0 bridgehead atoms. The van der Waals surface area contributed by atoms with E-state index >= 15 is 0 Å². The van der Waals surface area contributed by atoms with Gasteiger partial charge in [0.2, 0.25) is 0 Å². The lowest BCUT2D eigenvalue weighted by atomic mass is 9.44. The van der Waals surface area contributed by atoms with Crippen LogP contribution in [0.4, 0.5) is 0 Å². The molecule has 0 aromatic rings. The van der Waals surface area contributed by atoms with E-state index in [1.54, 1.807) is 13.8 Å². The van der Waals surface area contributed by atoms with Crippen LogP contribution in [0.5, 0.6) is 0 Å². The first-order valence-electron chi connectivity index (χ1n) is 14.8. The third-order valence-electron chi connectivity index (χ3n) is 11.6. The van der Waals surface area contributed by atoms with E-state index in [9.17, 15) is 15.3 Å². The van der Waals surface area contributed by atoms with Crippen LogP contribution in [0.2, 0.25) is 0 Å². The molecule has 0 saturated heterocycles. The molecule has 0 aliphatic heterocycles. The molecule has 4 fully saturated rings. The molecule has 0 aromatic carbocycles. The maximum absolute atomic E-state index is 11.2. The molecule has 4 saturated carbocycles. The number of hydrogen-bond acceptors (Lipinski definition) is 3. The van der Waals surface area contributed by atoms with E-state index in [0.717, 1.165) is 37.5 Å². The van der Waals surface area contributed by atoms with Crippen molar-refractivity contribution >= 4 is 0 Å². The Balaban J connectivity index is 1.48. The highest BCUT2D eigenvalue weighted by molar-refractivity contribution is 5.10. The van der Waals surface area contributed by atoms with Crippen molar-refractivity contribution in [1.82, 2.24) is 0 Å². The fourth-order valence-electron chi connectivity index (χ4n) is 9.30. The van der Waals surface area contributed by atoms with Crippen LogP contribution in [-0.2, 0) is 0 Å². The highest BCUT2D eigenvalue weighted by Gasteiger charge is 2.61. The Kier molecular flexibility index (Phi) is 5.61. The zero-order valence-corrected chi connectivity index (χ0v) is 20.6. The molecule has 13 atom stereocenters. The average Bonchev–Trinajstić information content (AvgIpc) is 3.13. The van der Waals surface area contributed by atoms with Crippen molar-refractivity contribution < 1.29 is 19.4 Å². The monoisotopic (exact) mass is 437 g/mol. The maximum atomic E-state index is 11.2. The summed E-state index contributed by atoms with van der Waals surface area (Å²) in [6.45, 7) is 8.36. The van der Waals surface area contributed by atoms with Gasteiger partial charge in [0, 0.05) is 4.11 Å². The Morgan fingerprint density at radius 2 is 1.52 bits per heavy atom. The van der Waals surface area contributed by atoms with Gasteiger partial charge in [-0.25, -0.2) is 0 Å². The van der Waals surface area contributed by atoms with Gasteiger partial charge in [0.25, 0.3) is 0 Å². The summed E-state index contributed by atoms with van der Waals surface area (Å²) in [4.78, 5) is 0. The predicted molar refractivity (Wildman–Crippen MR) is 126 cm³/mol. The molecule has 180 valence electrons. The Morgan fingerprint density at radius 3 is 2.23 bits per heavy atom. The fourth-order valence-corrected chi connectivity index (χ4v) is 9.30. The molecule has 0 heterocycles. The summed E-state index contributed by atoms with van der Waals surface area (Å²) < 4.78 is 23.2. The highest BCUT2D eigenvalue weighted by Crippen LogP contribution is 2.68. The predicted octanol–water partition coefficient (Wildman–Crippen LogP) is 5.66. The standard InChI is InChI=1S/C28H50O3/c1-16(2)17(3)25(30)26(31)18(4)22-9-10-23-21-8-7-19-15-20(29)11-13-27(19,5)24(21)12-14-28(22,23)6/h16-26,29-31H,7-15H2,1-6H3/t17-,18-,19-,20-,21-,22+,23-,24-,25+,26+,27-,28+/m0/s1/i1D3/t16?,17-,18-,19-,20-,21-,22+,23-,24-,25+,26+,27-,28+. The summed E-state index contributed by atoms with van der Waals surface area (Å²) in [5.74, 6) is 1.99. The molecule has 4 aliphatic carbocycles. The van der Waals surface area contributed by atoms with Crippen LogP contribution < -0.4 is 0 Å². The molecule has 3 heteroatoms. The van der Waals surface area contributed by atoms with E-state index in [4.69, 9.17) is 4.11 Å². The number of aliphatic hydroxyl groups is 3. The minimum absolute atomic E-state index is 0.0513. The molecule has 1 unspecified atom stereocenters. The number of fused-ring (bicyclic) bond motifs is 5. The molecule has 3 N–H and O–H groups in total. The van der Waals surface area contributed by atoms with Gasteiger partial charge >= 0.3 is 0 Å². The van der Waals surface area contributed by atoms with Gasteiger partial charge in [0.15, 0.2) is 0 Å². The quantitative estimate of drug-likeness (QED) is 0.520. The largest absolute Gasteiger partial charge is 0.393 e. The van der Waals surface area contributed by atoms with E-state index in [0.29, 0.717) is 23.2 Å². The van der Waals surface area contributed by atoms with E-state index in [-0.39, 0.29) is 17.4 Å². The van der Waals surface area contributed by atoms with Crippen molar-refractivity contribution in [2.75, 3.05) is 0 Å². The normalized spacial score (nSPS) is 51.7. The minimum atomic E-state index is -2.13. The van der Waals surface area contributed by atoms with Crippen molar-refractivity contribution in [2.45, 2.75) is 118 Å². The molecule has 0 radical (unpaired) electrons. The van der Waals surface area contributed by atoms with Crippen molar-refractivity contribution in [3.05, 3.63) is 0 Å². The number of rotatable bonds is 5. The van der Waals surface area contributed by atoms with E-state index in [1.807, 2.05) is 0 Å². The van der Waals surface area contributed by atoms with E-state index in [2.05, 4.69) is 20.8 Å². The van der Waals surface area contributed by atoms with Crippen LogP contribution in [0.25, 0.3) is 0 Å². The van der Waals surface area contributed by atoms with Crippen molar-refractivity contribution in [3.8, 4) is 0 Å². The molecule has 0 spiro atoms. The first-order chi connectivity index (χ1) is 15.7. The van der Waals surface area contributed by atoms with Crippen LogP contribution in [-0.4, -0.2) is 33.6 Å². The Bertz CT molecular complexity index is 728. The van der Waals surface area contributed by atoms with Gasteiger partial charge in [0.1, 0.15) is 0 Å². The zero-order valence-electron chi connectivity index (χ0n) is 23.6. The first-order valence-corrected chi connectivity index (χ1v) is 13.3. The highest BCUT2D eigenvalue weighted by atomic mass is 16.3. The van der Waals surface area contributed by atoms with Gasteiger partial charge in [-0.15, -0.1) is 0 Å². The van der Waals surface area contributed by atoms with Crippen molar-refractivity contribution in [3.63, 3.8) is 0 Å². The third-order valence-corrected chi connectivity index (χ3v) is 11.6. The van der Waals surface area contributed by atoms with Gasteiger partial charge in [-0.3, -0.25) is 0 Å². The van der Waals surface area contributed by atoms with Crippen molar-refractivity contribution in [2.24, 2.45) is 58.2 Å². The van der Waals surface area contributed by atoms with Gasteiger partial charge in [-0.05, 0) is 116 Å². The lowest BCUT2D eigenvalue weighted by Crippen LogP contribution is -2.54. The maximum Gasteiger partial charge on any atom is 0.0830 e. The van der Waals surface area contributed by atoms with E-state index < -0.39 is 30.9 Å². The lowest BCUT2D eigenvalue weighted by Gasteiger charge is -2.61. The topological polar surface area (TPSA) is 60.7 Å². The number of hydrogen-bond donors (Lipinski definition) is 3. The molecule has 31 heavy (non-hydrogen) atoms.